The number of hydrogen-bond acceptors (Lipinski definition) is 3. The third-order valence-electron chi connectivity index (χ3n) is 4.24. The first-order valence-corrected chi connectivity index (χ1v) is 8.37. The lowest BCUT2D eigenvalue weighted by Gasteiger charge is -2.35. The Kier molecular flexibility index (Phi) is 9.48. The topological polar surface area (TPSA) is 38.5 Å². The molecule has 114 valence electrons. The summed E-state index contributed by atoms with van der Waals surface area (Å²) < 4.78 is 5.82. The summed E-state index contributed by atoms with van der Waals surface area (Å²) in [5, 5.41) is 0. The third kappa shape index (κ3) is 7.28. The predicted molar refractivity (Wildman–Crippen MR) is 82.4 cm³/mol. The Balaban J connectivity index is 2.02. The fourth-order valence-corrected chi connectivity index (χ4v) is 2.80. The molecule has 0 aromatic carbocycles. The van der Waals surface area contributed by atoms with E-state index in [4.69, 9.17) is 10.5 Å². The van der Waals surface area contributed by atoms with Crippen molar-refractivity contribution in [3.8, 4) is 0 Å². The van der Waals surface area contributed by atoms with Crippen LogP contribution in [0.15, 0.2) is 0 Å². The standard InChI is InChI=1S/C16H34N2O/c1-3-5-6-7-8-9-10-11-15(17)16-14-18(4-2)12-13-19-16/h15-16H,3-14,17H2,1-2H3. The van der Waals surface area contributed by atoms with Gasteiger partial charge in [0.05, 0.1) is 12.7 Å². The Hall–Kier alpha value is -0.120. The third-order valence-corrected chi connectivity index (χ3v) is 4.24. The predicted octanol–water partition coefficient (Wildman–Crippen LogP) is 3.18. The van der Waals surface area contributed by atoms with Gasteiger partial charge in [-0.1, -0.05) is 58.8 Å². The van der Waals surface area contributed by atoms with Crippen LogP contribution in [-0.2, 0) is 4.74 Å². The highest BCUT2D eigenvalue weighted by atomic mass is 16.5. The molecule has 2 atom stereocenters. The molecule has 0 aromatic heterocycles. The van der Waals surface area contributed by atoms with Gasteiger partial charge in [0.25, 0.3) is 0 Å². The van der Waals surface area contributed by atoms with Crippen LogP contribution in [0, 0.1) is 0 Å². The summed E-state index contributed by atoms with van der Waals surface area (Å²) in [6, 6.07) is 0.227. The highest BCUT2D eigenvalue weighted by Crippen LogP contribution is 2.14. The monoisotopic (exact) mass is 270 g/mol. The van der Waals surface area contributed by atoms with Crippen molar-refractivity contribution < 1.29 is 4.74 Å². The number of hydrogen-bond donors (Lipinski definition) is 1. The quantitative estimate of drug-likeness (QED) is 0.620. The van der Waals surface area contributed by atoms with Crippen LogP contribution >= 0.6 is 0 Å². The van der Waals surface area contributed by atoms with Crippen molar-refractivity contribution in [1.29, 1.82) is 0 Å². The highest BCUT2D eigenvalue weighted by Gasteiger charge is 2.24. The van der Waals surface area contributed by atoms with E-state index in [-0.39, 0.29) is 12.1 Å². The van der Waals surface area contributed by atoms with Crippen LogP contribution in [0.3, 0.4) is 0 Å². The number of morpholine rings is 1. The molecule has 1 heterocycles. The lowest BCUT2D eigenvalue weighted by atomic mass is 10.0. The fraction of sp³-hybridized carbons (Fsp3) is 1.00. The van der Waals surface area contributed by atoms with Gasteiger partial charge in [-0.3, -0.25) is 4.90 Å². The van der Waals surface area contributed by atoms with Gasteiger partial charge in [-0.2, -0.15) is 0 Å². The molecule has 1 aliphatic rings. The second-order valence-corrected chi connectivity index (χ2v) is 5.88. The van der Waals surface area contributed by atoms with Crippen LogP contribution in [0.5, 0.6) is 0 Å². The van der Waals surface area contributed by atoms with Gasteiger partial charge in [-0.05, 0) is 13.0 Å². The minimum atomic E-state index is 0.227. The van der Waals surface area contributed by atoms with Gasteiger partial charge in [-0.15, -0.1) is 0 Å². The number of nitrogens with two attached hydrogens (primary N) is 1. The normalized spacial score (nSPS) is 22.6. The molecule has 0 bridgehead atoms. The minimum Gasteiger partial charge on any atom is -0.374 e. The van der Waals surface area contributed by atoms with Gasteiger partial charge in [-0.25, -0.2) is 0 Å². The maximum absolute atomic E-state index is 6.28. The smallest absolute Gasteiger partial charge is 0.0853 e. The molecular weight excluding hydrogens is 236 g/mol. The Morgan fingerprint density at radius 3 is 2.47 bits per heavy atom. The summed E-state index contributed by atoms with van der Waals surface area (Å²) in [7, 11) is 0. The number of ether oxygens (including phenoxy) is 1. The Labute approximate surface area is 119 Å². The molecule has 1 rings (SSSR count). The molecule has 1 saturated heterocycles. The first-order chi connectivity index (χ1) is 9.27. The van der Waals surface area contributed by atoms with E-state index in [1.807, 2.05) is 0 Å². The lowest BCUT2D eigenvalue weighted by Crippen LogP contribution is -2.50. The first-order valence-electron chi connectivity index (χ1n) is 8.37. The van der Waals surface area contributed by atoms with Gasteiger partial charge in [0.2, 0.25) is 0 Å². The van der Waals surface area contributed by atoms with E-state index >= 15 is 0 Å². The molecule has 2 N–H and O–H groups in total. The Morgan fingerprint density at radius 1 is 1.11 bits per heavy atom. The molecule has 0 aliphatic carbocycles. The fourth-order valence-electron chi connectivity index (χ4n) is 2.80. The maximum Gasteiger partial charge on any atom is 0.0853 e. The summed E-state index contributed by atoms with van der Waals surface area (Å²) in [5.41, 5.74) is 6.28. The van der Waals surface area contributed by atoms with E-state index in [0.29, 0.717) is 0 Å². The van der Waals surface area contributed by atoms with E-state index in [1.54, 1.807) is 0 Å². The average Bonchev–Trinajstić information content (AvgIpc) is 2.46. The van der Waals surface area contributed by atoms with Crippen LogP contribution < -0.4 is 5.73 Å². The molecule has 1 aliphatic heterocycles. The van der Waals surface area contributed by atoms with E-state index < -0.39 is 0 Å². The van der Waals surface area contributed by atoms with E-state index in [1.165, 1.54) is 44.9 Å². The molecule has 3 heteroatoms. The summed E-state index contributed by atoms with van der Waals surface area (Å²) in [4.78, 5) is 2.44. The zero-order valence-corrected chi connectivity index (χ0v) is 13.1. The van der Waals surface area contributed by atoms with Crippen LogP contribution in [-0.4, -0.2) is 43.3 Å². The number of likely N-dealkylation sites (N-methyl/N-ethyl adjacent to an activating group) is 1. The largest absolute Gasteiger partial charge is 0.374 e. The summed E-state index contributed by atoms with van der Waals surface area (Å²) in [6.45, 7) is 8.53. The SMILES string of the molecule is CCCCCCCCCC(N)C1CN(CC)CCO1. The zero-order chi connectivity index (χ0) is 13.9. The highest BCUT2D eigenvalue weighted by molar-refractivity contribution is 4.80. The summed E-state index contributed by atoms with van der Waals surface area (Å²) in [5.74, 6) is 0. The first kappa shape index (κ1) is 16.9. The van der Waals surface area contributed by atoms with Crippen molar-refractivity contribution in [2.75, 3.05) is 26.2 Å². The molecule has 0 saturated carbocycles. The zero-order valence-electron chi connectivity index (χ0n) is 13.1. The molecule has 0 aromatic rings. The molecular formula is C16H34N2O. The van der Waals surface area contributed by atoms with Crippen molar-refractivity contribution >= 4 is 0 Å². The lowest BCUT2D eigenvalue weighted by molar-refractivity contribution is -0.0401. The molecule has 0 spiro atoms. The van der Waals surface area contributed by atoms with Gasteiger partial charge in [0.1, 0.15) is 0 Å². The number of unbranched alkanes of at least 4 members (excludes halogenated alkanes) is 6. The summed E-state index contributed by atoms with van der Waals surface area (Å²) in [6.07, 6.45) is 10.9. The van der Waals surface area contributed by atoms with Gasteiger partial charge in [0, 0.05) is 19.1 Å². The van der Waals surface area contributed by atoms with Crippen LogP contribution in [0.4, 0.5) is 0 Å². The van der Waals surface area contributed by atoms with E-state index in [2.05, 4.69) is 18.7 Å². The molecule has 0 radical (unpaired) electrons. The Morgan fingerprint density at radius 2 is 1.79 bits per heavy atom. The van der Waals surface area contributed by atoms with Crippen LogP contribution in [0.2, 0.25) is 0 Å². The van der Waals surface area contributed by atoms with Crippen molar-refractivity contribution in [2.45, 2.75) is 77.4 Å². The van der Waals surface area contributed by atoms with Gasteiger partial charge < -0.3 is 10.5 Å². The van der Waals surface area contributed by atoms with Crippen molar-refractivity contribution in [2.24, 2.45) is 5.73 Å². The van der Waals surface area contributed by atoms with Crippen molar-refractivity contribution in [1.82, 2.24) is 4.90 Å². The number of nitrogens with zero attached hydrogens (tertiary/aromatic N) is 1. The number of rotatable bonds is 10. The molecule has 0 amide bonds. The van der Waals surface area contributed by atoms with Gasteiger partial charge in [0.15, 0.2) is 0 Å². The van der Waals surface area contributed by atoms with Crippen molar-refractivity contribution in [3.63, 3.8) is 0 Å². The minimum absolute atomic E-state index is 0.227. The van der Waals surface area contributed by atoms with Crippen LogP contribution in [0.25, 0.3) is 0 Å². The maximum atomic E-state index is 6.28. The van der Waals surface area contributed by atoms with Crippen LogP contribution in [0.1, 0.15) is 65.2 Å². The Bertz CT molecular complexity index is 211. The van der Waals surface area contributed by atoms with Gasteiger partial charge >= 0.3 is 0 Å². The average molecular weight is 270 g/mol. The second kappa shape index (κ2) is 10.6. The molecule has 2 unspecified atom stereocenters. The molecule has 3 nitrogen and oxygen atoms in total. The van der Waals surface area contributed by atoms with E-state index in [9.17, 15) is 0 Å². The van der Waals surface area contributed by atoms with E-state index in [0.717, 1.165) is 32.7 Å². The van der Waals surface area contributed by atoms with Crippen molar-refractivity contribution in [3.05, 3.63) is 0 Å². The molecule has 1 fully saturated rings. The summed E-state index contributed by atoms with van der Waals surface area (Å²) >= 11 is 0. The second-order valence-electron chi connectivity index (χ2n) is 5.88. The molecule has 19 heavy (non-hydrogen) atoms.